The lowest BCUT2D eigenvalue weighted by atomic mass is 10.2. The van der Waals surface area contributed by atoms with Crippen molar-refractivity contribution in [1.82, 2.24) is 14.5 Å². The summed E-state index contributed by atoms with van der Waals surface area (Å²) in [5, 5.41) is 3.01. The van der Waals surface area contributed by atoms with E-state index in [9.17, 15) is 4.79 Å². The molecule has 0 atom stereocenters. The summed E-state index contributed by atoms with van der Waals surface area (Å²) >= 11 is 0. The minimum absolute atomic E-state index is 0.183. The number of aromatic nitrogens is 2. The number of amides is 1. The van der Waals surface area contributed by atoms with Crippen LogP contribution in [0.2, 0.25) is 0 Å². The highest BCUT2D eigenvalue weighted by Gasteiger charge is 2.17. The molecule has 2 heterocycles. The maximum absolute atomic E-state index is 12.8. The molecule has 2 aromatic carbocycles. The number of anilines is 1. The molecule has 32 heavy (non-hydrogen) atoms. The van der Waals surface area contributed by atoms with Gasteiger partial charge in [0.15, 0.2) is 0 Å². The summed E-state index contributed by atoms with van der Waals surface area (Å²) in [5.41, 5.74) is 3.34. The van der Waals surface area contributed by atoms with E-state index in [2.05, 4.69) is 27.8 Å². The van der Waals surface area contributed by atoms with Crippen molar-refractivity contribution in [2.24, 2.45) is 0 Å². The second-order valence-corrected chi connectivity index (χ2v) is 8.58. The second-order valence-electron chi connectivity index (χ2n) is 8.58. The summed E-state index contributed by atoms with van der Waals surface area (Å²) in [6, 6.07) is 13.3. The van der Waals surface area contributed by atoms with Crippen LogP contribution in [0.4, 0.5) is 5.69 Å². The van der Waals surface area contributed by atoms with Gasteiger partial charge < -0.3 is 14.6 Å². The van der Waals surface area contributed by atoms with Gasteiger partial charge in [-0.05, 0) is 62.7 Å². The number of imidazole rings is 1. The van der Waals surface area contributed by atoms with Crippen molar-refractivity contribution < 1.29 is 9.53 Å². The topological polar surface area (TPSA) is 59.4 Å². The number of hydrogen-bond acceptors (Lipinski definition) is 4. The first-order valence-electron chi connectivity index (χ1n) is 11.9. The summed E-state index contributed by atoms with van der Waals surface area (Å²) in [6.45, 7) is 6.39. The quantitative estimate of drug-likeness (QED) is 0.510. The van der Waals surface area contributed by atoms with Crippen molar-refractivity contribution in [3.05, 3.63) is 53.9 Å². The van der Waals surface area contributed by atoms with Crippen molar-refractivity contribution >= 4 is 22.6 Å². The van der Waals surface area contributed by atoms with E-state index in [0.29, 0.717) is 11.3 Å². The highest BCUT2D eigenvalue weighted by atomic mass is 16.5. The van der Waals surface area contributed by atoms with Gasteiger partial charge >= 0.3 is 0 Å². The third-order valence-corrected chi connectivity index (χ3v) is 6.24. The van der Waals surface area contributed by atoms with Crippen LogP contribution in [0, 0.1) is 0 Å². The Balaban J connectivity index is 1.59. The number of fused-ring (bicyclic) bond motifs is 1. The van der Waals surface area contributed by atoms with Gasteiger partial charge in [0.05, 0.1) is 30.3 Å². The number of rotatable bonds is 8. The number of nitrogens with one attached hydrogen (secondary N) is 1. The van der Waals surface area contributed by atoms with Crippen molar-refractivity contribution in [3.8, 4) is 5.75 Å². The average Bonchev–Trinajstić information content (AvgIpc) is 2.96. The molecule has 3 aromatic rings. The minimum atomic E-state index is -0.183. The molecular weight excluding hydrogens is 400 g/mol. The zero-order valence-electron chi connectivity index (χ0n) is 19.3. The van der Waals surface area contributed by atoms with Gasteiger partial charge in [-0.15, -0.1) is 0 Å². The summed E-state index contributed by atoms with van der Waals surface area (Å²) in [6.07, 6.45) is 7.49. The molecule has 1 aliphatic rings. The molecule has 1 aliphatic heterocycles. The Labute approximate surface area is 190 Å². The molecule has 1 aromatic heterocycles. The molecule has 1 amide bonds. The Morgan fingerprint density at radius 2 is 1.88 bits per heavy atom. The molecule has 170 valence electrons. The largest absolute Gasteiger partial charge is 0.496 e. The molecule has 6 heteroatoms. The molecule has 1 N–H and O–H groups in total. The van der Waals surface area contributed by atoms with Gasteiger partial charge in [0.1, 0.15) is 11.6 Å². The Kier molecular flexibility index (Phi) is 7.43. The first kappa shape index (κ1) is 22.3. The van der Waals surface area contributed by atoms with Gasteiger partial charge in [0.2, 0.25) is 0 Å². The van der Waals surface area contributed by atoms with E-state index in [1.165, 1.54) is 25.7 Å². The minimum Gasteiger partial charge on any atom is -0.496 e. The van der Waals surface area contributed by atoms with Crippen molar-refractivity contribution in [1.29, 1.82) is 0 Å². The number of aryl methyl sites for hydroxylation is 1. The summed E-state index contributed by atoms with van der Waals surface area (Å²) in [4.78, 5) is 20.4. The van der Waals surface area contributed by atoms with Crippen LogP contribution < -0.4 is 10.1 Å². The first-order valence-corrected chi connectivity index (χ1v) is 11.9. The highest BCUT2D eigenvalue weighted by molar-refractivity contribution is 6.06. The number of ether oxygens (including phenoxy) is 1. The number of carbonyl (C=O) groups excluding carboxylic acids is 1. The van der Waals surface area contributed by atoms with E-state index >= 15 is 0 Å². The molecule has 1 saturated heterocycles. The fourth-order valence-corrected chi connectivity index (χ4v) is 4.47. The molecular formula is C26H34N4O2. The number of benzene rings is 2. The molecule has 0 bridgehead atoms. The lowest BCUT2D eigenvalue weighted by molar-refractivity contribution is 0.102. The lowest BCUT2D eigenvalue weighted by Gasteiger charge is -2.20. The lowest BCUT2D eigenvalue weighted by Crippen LogP contribution is -2.26. The predicted octanol–water partition coefficient (Wildman–Crippen LogP) is 5.47. The fourth-order valence-electron chi connectivity index (χ4n) is 4.47. The van der Waals surface area contributed by atoms with Crippen LogP contribution in [0.15, 0.2) is 42.5 Å². The predicted molar refractivity (Wildman–Crippen MR) is 129 cm³/mol. The van der Waals surface area contributed by atoms with Crippen LogP contribution in [0.5, 0.6) is 5.75 Å². The Morgan fingerprint density at radius 3 is 2.62 bits per heavy atom. The monoisotopic (exact) mass is 434 g/mol. The van der Waals surface area contributed by atoms with Gasteiger partial charge in [-0.3, -0.25) is 9.69 Å². The van der Waals surface area contributed by atoms with Crippen LogP contribution >= 0.6 is 0 Å². The van der Waals surface area contributed by atoms with Crippen LogP contribution in [0.1, 0.15) is 61.6 Å². The van der Waals surface area contributed by atoms with Gasteiger partial charge in [-0.1, -0.05) is 38.3 Å². The zero-order valence-corrected chi connectivity index (χ0v) is 19.3. The van der Waals surface area contributed by atoms with Gasteiger partial charge in [0.25, 0.3) is 5.91 Å². The Morgan fingerprint density at radius 1 is 1.09 bits per heavy atom. The maximum atomic E-state index is 12.8. The van der Waals surface area contributed by atoms with Gasteiger partial charge in [-0.25, -0.2) is 4.98 Å². The third kappa shape index (κ3) is 5.13. The summed E-state index contributed by atoms with van der Waals surface area (Å²) in [7, 11) is 1.58. The standard InChI is InChI=1S/C26H34N4O2/c1-3-4-17-30-23-14-13-20(27-26(31)21-11-7-8-12-24(21)32-2)18-22(23)28-25(30)19-29-15-9-5-6-10-16-29/h7-8,11-14,18H,3-6,9-10,15-17,19H2,1-2H3,(H,27,31). The second kappa shape index (κ2) is 10.6. The summed E-state index contributed by atoms with van der Waals surface area (Å²) in [5.74, 6) is 1.51. The Bertz CT molecular complexity index is 1050. The summed E-state index contributed by atoms with van der Waals surface area (Å²) < 4.78 is 7.70. The number of unbranched alkanes of at least 4 members (excludes halogenated alkanes) is 1. The average molecular weight is 435 g/mol. The van der Waals surface area contributed by atoms with Gasteiger partial charge in [-0.2, -0.15) is 0 Å². The van der Waals surface area contributed by atoms with E-state index in [4.69, 9.17) is 9.72 Å². The first-order chi connectivity index (χ1) is 15.7. The van der Waals surface area contributed by atoms with Crippen LogP contribution in [0.25, 0.3) is 11.0 Å². The van der Waals surface area contributed by atoms with E-state index in [1.807, 2.05) is 24.3 Å². The van der Waals surface area contributed by atoms with Crippen molar-refractivity contribution in [2.45, 2.75) is 58.5 Å². The molecule has 0 spiro atoms. The Hall–Kier alpha value is -2.86. The fraction of sp³-hybridized carbons (Fsp3) is 0.462. The SMILES string of the molecule is CCCCn1c(CN2CCCCCC2)nc2cc(NC(=O)c3ccccc3OC)ccc21. The zero-order chi connectivity index (χ0) is 22.3. The number of likely N-dealkylation sites (tertiary alicyclic amines) is 1. The van der Waals surface area contributed by atoms with E-state index in [1.54, 1.807) is 19.2 Å². The van der Waals surface area contributed by atoms with Crippen LogP contribution in [-0.4, -0.2) is 40.6 Å². The molecule has 0 unspecified atom stereocenters. The van der Waals surface area contributed by atoms with Crippen LogP contribution in [-0.2, 0) is 13.1 Å². The molecule has 0 aliphatic carbocycles. The number of nitrogens with zero attached hydrogens (tertiary/aromatic N) is 3. The maximum Gasteiger partial charge on any atom is 0.259 e. The number of carbonyl (C=O) groups is 1. The number of methoxy groups -OCH3 is 1. The van der Waals surface area contributed by atoms with Crippen molar-refractivity contribution in [2.75, 3.05) is 25.5 Å². The van der Waals surface area contributed by atoms with E-state index < -0.39 is 0 Å². The normalized spacial score (nSPS) is 14.9. The van der Waals surface area contributed by atoms with Crippen LogP contribution in [0.3, 0.4) is 0 Å². The highest BCUT2D eigenvalue weighted by Crippen LogP contribution is 2.25. The molecule has 4 rings (SSSR count). The van der Waals surface area contributed by atoms with E-state index in [0.717, 1.165) is 61.6 Å². The molecule has 6 nitrogen and oxygen atoms in total. The number of hydrogen-bond donors (Lipinski definition) is 1. The molecule has 0 radical (unpaired) electrons. The van der Waals surface area contributed by atoms with E-state index in [-0.39, 0.29) is 5.91 Å². The third-order valence-electron chi connectivity index (χ3n) is 6.24. The number of para-hydroxylation sites is 1. The van der Waals surface area contributed by atoms with Crippen molar-refractivity contribution in [3.63, 3.8) is 0 Å². The molecule has 1 fully saturated rings. The van der Waals surface area contributed by atoms with Gasteiger partial charge in [0, 0.05) is 12.2 Å². The smallest absolute Gasteiger partial charge is 0.259 e. The molecule has 0 saturated carbocycles.